The third kappa shape index (κ3) is 3.52. The van der Waals surface area contributed by atoms with Gasteiger partial charge in [0, 0.05) is 12.1 Å². The minimum atomic E-state index is -0.290. The summed E-state index contributed by atoms with van der Waals surface area (Å²) in [5, 5.41) is 0. The Labute approximate surface area is 124 Å². The monoisotopic (exact) mass is 289 g/mol. The van der Waals surface area contributed by atoms with Crippen LogP contribution < -0.4 is 15.2 Å². The van der Waals surface area contributed by atoms with Crippen molar-refractivity contribution in [3.8, 4) is 22.6 Å². The molecule has 0 spiro atoms. The lowest BCUT2D eigenvalue weighted by Gasteiger charge is -2.13. The summed E-state index contributed by atoms with van der Waals surface area (Å²) < 4.78 is 25.0. The van der Waals surface area contributed by atoms with E-state index in [0.29, 0.717) is 30.3 Å². The van der Waals surface area contributed by atoms with Gasteiger partial charge < -0.3 is 15.2 Å². The molecule has 2 rings (SSSR count). The highest BCUT2D eigenvalue weighted by atomic mass is 19.1. The van der Waals surface area contributed by atoms with Gasteiger partial charge in [0.05, 0.1) is 13.2 Å². The van der Waals surface area contributed by atoms with Gasteiger partial charge in [0.2, 0.25) is 0 Å². The van der Waals surface area contributed by atoms with Crippen molar-refractivity contribution >= 4 is 0 Å². The number of ether oxygens (including phenoxy) is 2. The lowest BCUT2D eigenvalue weighted by molar-refractivity contribution is 0.288. The van der Waals surface area contributed by atoms with Crippen LogP contribution in [0.4, 0.5) is 4.39 Å². The van der Waals surface area contributed by atoms with Crippen molar-refractivity contribution in [1.82, 2.24) is 0 Å². The molecule has 0 heterocycles. The molecule has 0 fully saturated rings. The van der Waals surface area contributed by atoms with Crippen molar-refractivity contribution in [1.29, 1.82) is 0 Å². The SMILES string of the molecule is CCOc1ccc(-c2ccc(CN)c(F)c2)cc1OCC. The lowest BCUT2D eigenvalue weighted by Crippen LogP contribution is -2.00. The third-order valence-corrected chi connectivity index (χ3v) is 3.15. The highest BCUT2D eigenvalue weighted by Gasteiger charge is 2.09. The van der Waals surface area contributed by atoms with Crippen molar-refractivity contribution in [2.24, 2.45) is 5.73 Å². The van der Waals surface area contributed by atoms with Crippen LogP contribution >= 0.6 is 0 Å². The second kappa shape index (κ2) is 7.09. The van der Waals surface area contributed by atoms with Gasteiger partial charge in [-0.3, -0.25) is 0 Å². The van der Waals surface area contributed by atoms with Crippen LogP contribution in [0.25, 0.3) is 11.1 Å². The third-order valence-electron chi connectivity index (χ3n) is 3.15. The number of hydrogen-bond acceptors (Lipinski definition) is 3. The summed E-state index contributed by atoms with van der Waals surface area (Å²) in [6.45, 7) is 5.14. The van der Waals surface area contributed by atoms with Gasteiger partial charge in [-0.05, 0) is 43.2 Å². The van der Waals surface area contributed by atoms with Crippen LogP contribution in [0.15, 0.2) is 36.4 Å². The predicted octanol–water partition coefficient (Wildman–Crippen LogP) is 3.75. The molecule has 2 aromatic rings. The molecule has 112 valence electrons. The van der Waals surface area contributed by atoms with Gasteiger partial charge in [0.25, 0.3) is 0 Å². The molecule has 2 aromatic carbocycles. The molecule has 0 unspecified atom stereocenters. The second-order valence-electron chi connectivity index (χ2n) is 4.54. The van der Waals surface area contributed by atoms with E-state index in [1.165, 1.54) is 6.07 Å². The van der Waals surface area contributed by atoms with E-state index >= 15 is 0 Å². The Balaban J connectivity index is 2.39. The van der Waals surface area contributed by atoms with Gasteiger partial charge in [-0.15, -0.1) is 0 Å². The van der Waals surface area contributed by atoms with E-state index in [1.807, 2.05) is 38.1 Å². The summed E-state index contributed by atoms with van der Waals surface area (Å²) in [5.41, 5.74) is 7.65. The van der Waals surface area contributed by atoms with Crippen molar-refractivity contribution in [2.45, 2.75) is 20.4 Å². The zero-order valence-electron chi connectivity index (χ0n) is 12.4. The first-order chi connectivity index (χ1) is 10.2. The topological polar surface area (TPSA) is 44.5 Å². The second-order valence-corrected chi connectivity index (χ2v) is 4.54. The number of halogens is 1. The fourth-order valence-corrected chi connectivity index (χ4v) is 2.12. The van der Waals surface area contributed by atoms with Gasteiger partial charge in [-0.2, -0.15) is 0 Å². The molecule has 0 aliphatic heterocycles. The van der Waals surface area contributed by atoms with E-state index in [9.17, 15) is 4.39 Å². The average Bonchev–Trinajstić information content (AvgIpc) is 2.49. The normalized spacial score (nSPS) is 10.5. The largest absolute Gasteiger partial charge is 0.490 e. The van der Waals surface area contributed by atoms with E-state index in [2.05, 4.69) is 0 Å². The Hall–Kier alpha value is -2.07. The van der Waals surface area contributed by atoms with Crippen LogP contribution in [-0.2, 0) is 6.54 Å². The van der Waals surface area contributed by atoms with Gasteiger partial charge >= 0.3 is 0 Å². The van der Waals surface area contributed by atoms with Crippen LogP contribution in [-0.4, -0.2) is 13.2 Å². The molecule has 0 aromatic heterocycles. The average molecular weight is 289 g/mol. The summed E-state index contributed by atoms with van der Waals surface area (Å²) in [5.74, 6) is 1.07. The van der Waals surface area contributed by atoms with Gasteiger partial charge in [-0.25, -0.2) is 4.39 Å². The summed E-state index contributed by atoms with van der Waals surface area (Å²) in [6, 6.07) is 10.7. The fraction of sp³-hybridized carbons (Fsp3) is 0.294. The first-order valence-electron chi connectivity index (χ1n) is 7.08. The molecule has 0 saturated carbocycles. The van der Waals surface area contributed by atoms with Gasteiger partial charge in [0.15, 0.2) is 11.5 Å². The maximum atomic E-state index is 13.8. The highest BCUT2D eigenvalue weighted by Crippen LogP contribution is 2.33. The van der Waals surface area contributed by atoms with E-state index in [-0.39, 0.29) is 12.4 Å². The molecule has 0 atom stereocenters. The molecule has 0 aliphatic carbocycles. The molecule has 0 amide bonds. The van der Waals surface area contributed by atoms with Crippen LogP contribution in [0.2, 0.25) is 0 Å². The van der Waals surface area contributed by atoms with E-state index in [1.54, 1.807) is 6.07 Å². The Morgan fingerprint density at radius 2 is 1.52 bits per heavy atom. The quantitative estimate of drug-likeness (QED) is 0.881. The maximum Gasteiger partial charge on any atom is 0.161 e. The number of benzene rings is 2. The minimum Gasteiger partial charge on any atom is -0.490 e. The van der Waals surface area contributed by atoms with Crippen LogP contribution in [0.1, 0.15) is 19.4 Å². The summed E-state index contributed by atoms with van der Waals surface area (Å²) in [6.07, 6.45) is 0. The van der Waals surface area contributed by atoms with Gasteiger partial charge in [0.1, 0.15) is 5.82 Å². The number of rotatable bonds is 6. The first kappa shape index (κ1) is 15.3. The minimum absolute atomic E-state index is 0.194. The van der Waals surface area contributed by atoms with Crippen LogP contribution in [0.3, 0.4) is 0 Å². The Morgan fingerprint density at radius 1 is 0.905 bits per heavy atom. The molecule has 21 heavy (non-hydrogen) atoms. The lowest BCUT2D eigenvalue weighted by atomic mass is 10.0. The highest BCUT2D eigenvalue weighted by molar-refractivity contribution is 5.67. The molecule has 0 saturated heterocycles. The number of nitrogens with two attached hydrogens (primary N) is 1. The number of hydrogen-bond donors (Lipinski definition) is 1. The van der Waals surface area contributed by atoms with E-state index in [0.717, 1.165) is 11.1 Å². The summed E-state index contributed by atoms with van der Waals surface area (Å²) in [7, 11) is 0. The fourth-order valence-electron chi connectivity index (χ4n) is 2.12. The molecule has 0 radical (unpaired) electrons. The molecule has 3 nitrogen and oxygen atoms in total. The van der Waals surface area contributed by atoms with Crippen molar-refractivity contribution in [3.05, 3.63) is 47.8 Å². The summed E-state index contributed by atoms with van der Waals surface area (Å²) >= 11 is 0. The zero-order chi connectivity index (χ0) is 15.2. The molecule has 4 heteroatoms. The molecule has 0 bridgehead atoms. The predicted molar refractivity (Wildman–Crippen MR) is 82.1 cm³/mol. The molecule has 0 aliphatic rings. The standard InChI is InChI=1S/C17H20FNO2/c1-3-20-16-8-7-13(10-17(16)21-4-2)12-5-6-14(11-19)15(18)9-12/h5-10H,3-4,11,19H2,1-2H3. The molecular weight excluding hydrogens is 269 g/mol. The zero-order valence-corrected chi connectivity index (χ0v) is 12.4. The molecule has 2 N–H and O–H groups in total. The van der Waals surface area contributed by atoms with Crippen LogP contribution in [0, 0.1) is 5.82 Å². The smallest absolute Gasteiger partial charge is 0.161 e. The van der Waals surface area contributed by atoms with Gasteiger partial charge in [-0.1, -0.05) is 18.2 Å². The van der Waals surface area contributed by atoms with E-state index < -0.39 is 0 Å². The van der Waals surface area contributed by atoms with Crippen molar-refractivity contribution < 1.29 is 13.9 Å². The molecular formula is C17H20FNO2. The van der Waals surface area contributed by atoms with E-state index in [4.69, 9.17) is 15.2 Å². The van der Waals surface area contributed by atoms with Crippen LogP contribution in [0.5, 0.6) is 11.5 Å². The van der Waals surface area contributed by atoms with Crippen molar-refractivity contribution in [3.63, 3.8) is 0 Å². The Kier molecular flexibility index (Phi) is 5.17. The maximum absolute atomic E-state index is 13.8. The Morgan fingerprint density at radius 3 is 2.14 bits per heavy atom. The first-order valence-corrected chi connectivity index (χ1v) is 7.08. The van der Waals surface area contributed by atoms with Crippen molar-refractivity contribution in [2.75, 3.05) is 13.2 Å². The summed E-state index contributed by atoms with van der Waals surface area (Å²) in [4.78, 5) is 0. The Bertz CT molecular complexity index is 614.